The molecule has 0 aromatic carbocycles. The molecule has 92 valence electrons. The highest BCUT2D eigenvalue weighted by Crippen LogP contribution is 2.21. The number of hydrogen-bond donors (Lipinski definition) is 1. The van der Waals surface area contributed by atoms with Gasteiger partial charge in [-0.1, -0.05) is 12.1 Å². The summed E-state index contributed by atoms with van der Waals surface area (Å²) in [5.41, 5.74) is 2.12. The van der Waals surface area contributed by atoms with Gasteiger partial charge in [-0.05, 0) is 27.2 Å². The largest absolute Gasteiger partial charge is 0.383 e. The monoisotopic (exact) mass is 226 g/mol. The fraction of sp³-hybridized carbons (Fsp3) is 0.750. The number of rotatable bonds is 6. The van der Waals surface area contributed by atoms with Gasteiger partial charge in [0.2, 0.25) is 0 Å². The van der Waals surface area contributed by atoms with Crippen molar-refractivity contribution in [3.63, 3.8) is 0 Å². The maximum absolute atomic E-state index is 5.17. The second kappa shape index (κ2) is 6.01. The van der Waals surface area contributed by atoms with E-state index in [1.165, 1.54) is 0 Å². The minimum absolute atomic E-state index is 0.242. The van der Waals surface area contributed by atoms with Crippen molar-refractivity contribution in [2.75, 3.05) is 13.7 Å². The smallest absolute Gasteiger partial charge is 0.138 e. The van der Waals surface area contributed by atoms with E-state index in [1.54, 1.807) is 7.11 Å². The third-order valence-electron chi connectivity index (χ3n) is 2.87. The molecular weight excluding hydrogens is 204 g/mol. The molecule has 1 aromatic heterocycles. The number of hydrogen-bond acceptors (Lipinski definition) is 4. The summed E-state index contributed by atoms with van der Waals surface area (Å²) in [5.74, 6) is 0.893. The number of nitrogens with one attached hydrogen (secondary N) is 1. The van der Waals surface area contributed by atoms with Crippen molar-refractivity contribution in [1.82, 2.24) is 10.5 Å². The van der Waals surface area contributed by atoms with Gasteiger partial charge in [0.1, 0.15) is 5.76 Å². The molecule has 0 aliphatic rings. The first kappa shape index (κ1) is 13.2. The molecule has 1 N–H and O–H groups in total. The van der Waals surface area contributed by atoms with Gasteiger partial charge in [-0.15, -0.1) is 0 Å². The SMILES string of the molecule is CCC(COC)NC(C)c1c(C)noc1C. The van der Waals surface area contributed by atoms with Crippen LogP contribution in [0.3, 0.4) is 0 Å². The quantitative estimate of drug-likeness (QED) is 0.809. The molecule has 0 aliphatic heterocycles. The summed E-state index contributed by atoms with van der Waals surface area (Å²) in [4.78, 5) is 0. The van der Waals surface area contributed by atoms with Gasteiger partial charge in [0.15, 0.2) is 0 Å². The lowest BCUT2D eigenvalue weighted by atomic mass is 10.1. The third kappa shape index (κ3) is 3.06. The van der Waals surface area contributed by atoms with E-state index in [0.29, 0.717) is 6.04 Å². The molecule has 2 unspecified atom stereocenters. The lowest BCUT2D eigenvalue weighted by Gasteiger charge is -2.21. The van der Waals surface area contributed by atoms with Crippen LogP contribution in [0.2, 0.25) is 0 Å². The number of ether oxygens (including phenoxy) is 1. The molecule has 1 aromatic rings. The van der Waals surface area contributed by atoms with Crippen LogP contribution in [-0.2, 0) is 4.74 Å². The summed E-state index contributed by atoms with van der Waals surface area (Å²) in [7, 11) is 1.73. The maximum Gasteiger partial charge on any atom is 0.138 e. The van der Waals surface area contributed by atoms with Crippen molar-refractivity contribution in [3.8, 4) is 0 Å². The van der Waals surface area contributed by atoms with Gasteiger partial charge in [0.25, 0.3) is 0 Å². The normalized spacial score (nSPS) is 15.1. The topological polar surface area (TPSA) is 47.3 Å². The summed E-state index contributed by atoms with van der Waals surface area (Å²) in [6, 6.07) is 0.611. The lowest BCUT2D eigenvalue weighted by molar-refractivity contribution is 0.159. The van der Waals surface area contributed by atoms with E-state index < -0.39 is 0 Å². The zero-order valence-corrected chi connectivity index (χ0v) is 10.8. The highest BCUT2D eigenvalue weighted by Gasteiger charge is 2.18. The van der Waals surface area contributed by atoms with E-state index in [1.807, 2.05) is 13.8 Å². The zero-order valence-electron chi connectivity index (χ0n) is 10.8. The average Bonchev–Trinajstić information content (AvgIpc) is 2.57. The van der Waals surface area contributed by atoms with Gasteiger partial charge < -0.3 is 14.6 Å². The summed E-state index contributed by atoms with van der Waals surface area (Å²) < 4.78 is 10.3. The standard InChI is InChI=1S/C12H22N2O2/c1-6-11(7-15-5)13-8(2)12-9(3)14-16-10(12)4/h8,11,13H,6-7H2,1-5H3. The molecule has 0 saturated carbocycles. The van der Waals surface area contributed by atoms with E-state index in [9.17, 15) is 0 Å². The highest BCUT2D eigenvalue weighted by atomic mass is 16.5. The zero-order chi connectivity index (χ0) is 12.1. The van der Waals surface area contributed by atoms with Crippen LogP contribution < -0.4 is 5.32 Å². The van der Waals surface area contributed by atoms with Crippen molar-refractivity contribution >= 4 is 0 Å². The Morgan fingerprint density at radius 1 is 1.44 bits per heavy atom. The van der Waals surface area contributed by atoms with Crippen LogP contribution in [0.15, 0.2) is 4.52 Å². The van der Waals surface area contributed by atoms with E-state index in [-0.39, 0.29) is 6.04 Å². The Morgan fingerprint density at radius 2 is 2.12 bits per heavy atom. The Labute approximate surface area is 97.3 Å². The number of aryl methyl sites for hydroxylation is 2. The molecule has 4 heteroatoms. The summed E-state index contributed by atoms with van der Waals surface area (Å²) in [6.45, 7) is 8.93. The molecule has 4 nitrogen and oxygen atoms in total. The molecule has 0 aliphatic carbocycles. The third-order valence-corrected chi connectivity index (χ3v) is 2.87. The van der Waals surface area contributed by atoms with Crippen molar-refractivity contribution in [1.29, 1.82) is 0 Å². The van der Waals surface area contributed by atoms with E-state index >= 15 is 0 Å². The first-order valence-corrected chi connectivity index (χ1v) is 5.77. The predicted octanol–water partition coefficient (Wildman–Crippen LogP) is 2.37. The van der Waals surface area contributed by atoms with Gasteiger partial charge >= 0.3 is 0 Å². The molecule has 2 atom stereocenters. The summed E-state index contributed by atoms with van der Waals surface area (Å²) >= 11 is 0. The Kier molecular flexibility index (Phi) is 4.96. The lowest BCUT2D eigenvalue weighted by Crippen LogP contribution is -2.34. The van der Waals surface area contributed by atoms with Crippen molar-refractivity contribution in [2.24, 2.45) is 0 Å². The Morgan fingerprint density at radius 3 is 2.56 bits per heavy atom. The first-order chi connectivity index (χ1) is 7.60. The van der Waals surface area contributed by atoms with Crippen molar-refractivity contribution in [2.45, 2.75) is 46.2 Å². The van der Waals surface area contributed by atoms with E-state index in [0.717, 1.165) is 30.0 Å². The van der Waals surface area contributed by atoms with Gasteiger partial charge in [-0.3, -0.25) is 0 Å². The van der Waals surface area contributed by atoms with Crippen LogP contribution in [0.5, 0.6) is 0 Å². The second-order valence-corrected chi connectivity index (χ2v) is 4.19. The number of methoxy groups -OCH3 is 1. The first-order valence-electron chi connectivity index (χ1n) is 5.77. The highest BCUT2D eigenvalue weighted by molar-refractivity contribution is 5.24. The second-order valence-electron chi connectivity index (χ2n) is 4.19. The Bertz CT molecular complexity index is 303. The van der Waals surface area contributed by atoms with Gasteiger partial charge in [-0.2, -0.15) is 0 Å². The molecule has 0 fully saturated rings. The maximum atomic E-state index is 5.17. The minimum atomic E-state index is 0.242. The number of aromatic nitrogens is 1. The number of nitrogens with zero attached hydrogens (tertiary/aromatic N) is 1. The fourth-order valence-electron chi connectivity index (χ4n) is 2.03. The molecule has 1 heterocycles. The fourth-order valence-corrected chi connectivity index (χ4v) is 2.03. The van der Waals surface area contributed by atoms with Crippen LogP contribution in [0.4, 0.5) is 0 Å². The van der Waals surface area contributed by atoms with Crippen LogP contribution in [0, 0.1) is 13.8 Å². The minimum Gasteiger partial charge on any atom is -0.383 e. The molecule has 0 bridgehead atoms. The van der Waals surface area contributed by atoms with Gasteiger partial charge in [-0.25, -0.2) is 0 Å². The summed E-state index contributed by atoms with van der Waals surface area (Å²) in [5, 5.41) is 7.50. The Hall–Kier alpha value is -0.870. The molecule has 0 amide bonds. The van der Waals surface area contributed by atoms with Crippen LogP contribution in [0.25, 0.3) is 0 Å². The predicted molar refractivity (Wildman–Crippen MR) is 63.5 cm³/mol. The van der Waals surface area contributed by atoms with E-state index in [4.69, 9.17) is 9.26 Å². The molecule has 0 saturated heterocycles. The van der Waals surface area contributed by atoms with Gasteiger partial charge in [0, 0.05) is 24.8 Å². The summed E-state index contributed by atoms with van der Waals surface area (Å²) in [6.07, 6.45) is 1.04. The Balaban J connectivity index is 2.67. The molecule has 1 rings (SSSR count). The van der Waals surface area contributed by atoms with Crippen LogP contribution >= 0.6 is 0 Å². The van der Waals surface area contributed by atoms with Crippen molar-refractivity contribution < 1.29 is 9.26 Å². The molecule has 16 heavy (non-hydrogen) atoms. The van der Waals surface area contributed by atoms with Crippen LogP contribution in [0.1, 0.15) is 43.3 Å². The van der Waals surface area contributed by atoms with E-state index in [2.05, 4.69) is 24.3 Å². The van der Waals surface area contributed by atoms with Crippen LogP contribution in [-0.4, -0.2) is 24.9 Å². The average molecular weight is 226 g/mol. The molecular formula is C12H22N2O2. The van der Waals surface area contributed by atoms with Crippen molar-refractivity contribution in [3.05, 3.63) is 17.0 Å². The van der Waals surface area contributed by atoms with Gasteiger partial charge in [0.05, 0.1) is 12.3 Å². The molecule has 0 spiro atoms. The molecule has 0 radical (unpaired) electrons.